The predicted molar refractivity (Wildman–Crippen MR) is 88.4 cm³/mol. The van der Waals surface area contributed by atoms with E-state index in [0.717, 1.165) is 11.3 Å². The van der Waals surface area contributed by atoms with Gasteiger partial charge in [-0.3, -0.25) is 9.59 Å². The van der Waals surface area contributed by atoms with E-state index in [1.807, 2.05) is 38.1 Å². The van der Waals surface area contributed by atoms with Crippen LogP contribution in [0.25, 0.3) is 0 Å². The minimum absolute atomic E-state index is 0.0511. The van der Waals surface area contributed by atoms with Gasteiger partial charge in [0, 0.05) is 12.1 Å². The molecule has 2 atom stereocenters. The average molecular weight is 320 g/mol. The van der Waals surface area contributed by atoms with Crippen LogP contribution in [0.1, 0.15) is 31.7 Å². The normalized spacial score (nSPS) is 20.4. The lowest BCUT2D eigenvalue weighted by molar-refractivity contribution is -0.143. The van der Waals surface area contributed by atoms with E-state index >= 15 is 0 Å². The molecule has 1 saturated heterocycles. The van der Waals surface area contributed by atoms with Gasteiger partial charge in [0.25, 0.3) is 0 Å². The molecule has 118 valence electrons. The van der Waals surface area contributed by atoms with Gasteiger partial charge in [-0.25, -0.2) is 0 Å². The first kappa shape index (κ1) is 16.4. The van der Waals surface area contributed by atoms with Crippen LogP contribution >= 0.6 is 12.2 Å². The van der Waals surface area contributed by atoms with Gasteiger partial charge < -0.3 is 15.4 Å². The molecule has 1 fully saturated rings. The Hall–Kier alpha value is -1.95. The monoisotopic (exact) mass is 320 g/mol. The molecule has 5 nitrogen and oxygen atoms in total. The van der Waals surface area contributed by atoms with Crippen LogP contribution in [0.5, 0.6) is 0 Å². The van der Waals surface area contributed by atoms with E-state index in [0.29, 0.717) is 12.8 Å². The van der Waals surface area contributed by atoms with Crippen LogP contribution in [0.2, 0.25) is 0 Å². The van der Waals surface area contributed by atoms with Crippen molar-refractivity contribution in [3.05, 3.63) is 29.8 Å². The number of nitrogens with one attached hydrogen (secondary N) is 2. The molecule has 2 rings (SSSR count). The smallest absolute Gasteiger partial charge is 0.309 e. The maximum Gasteiger partial charge on any atom is 0.309 e. The molecule has 22 heavy (non-hydrogen) atoms. The Morgan fingerprint density at radius 1 is 1.36 bits per heavy atom. The number of hydrogen-bond acceptors (Lipinski definition) is 4. The van der Waals surface area contributed by atoms with Gasteiger partial charge in [-0.2, -0.15) is 0 Å². The molecule has 0 spiro atoms. The fourth-order valence-corrected chi connectivity index (χ4v) is 2.60. The van der Waals surface area contributed by atoms with Crippen molar-refractivity contribution < 1.29 is 14.3 Å². The number of carbonyl (C=O) groups is 2. The molecular formula is C16H20N2O3S. The van der Waals surface area contributed by atoms with Crippen molar-refractivity contribution in [3.8, 4) is 0 Å². The largest absolute Gasteiger partial charge is 0.462 e. The van der Waals surface area contributed by atoms with Crippen molar-refractivity contribution in [1.82, 2.24) is 5.32 Å². The molecule has 1 amide bonds. The number of rotatable bonds is 4. The number of thiocarbonyl (C=S) groups is 1. The summed E-state index contributed by atoms with van der Waals surface area (Å²) in [6, 6.07) is 7.70. The summed E-state index contributed by atoms with van der Waals surface area (Å²) in [6.45, 7) is 3.86. The molecule has 2 N–H and O–H groups in total. The number of ether oxygens (including phenoxy) is 1. The van der Waals surface area contributed by atoms with Crippen LogP contribution in [-0.4, -0.2) is 23.1 Å². The van der Waals surface area contributed by atoms with Gasteiger partial charge in [-0.15, -0.1) is 0 Å². The summed E-state index contributed by atoms with van der Waals surface area (Å²) < 4.78 is 5.07. The van der Waals surface area contributed by atoms with E-state index < -0.39 is 0 Å². The Bertz CT molecular complexity index is 571. The van der Waals surface area contributed by atoms with Gasteiger partial charge in [0.1, 0.15) is 0 Å². The lowest BCUT2D eigenvalue weighted by atomic mass is 9.99. The average Bonchev–Trinajstić information content (AvgIpc) is 2.77. The first-order valence-corrected chi connectivity index (χ1v) is 7.73. The minimum Gasteiger partial charge on any atom is -0.462 e. The first-order chi connectivity index (χ1) is 10.4. The molecule has 0 aromatic heterocycles. The Morgan fingerprint density at radius 2 is 2.05 bits per heavy atom. The number of carbonyl (C=O) groups excluding carboxylic acids is 2. The molecular weight excluding hydrogens is 300 g/mol. The number of aryl methyl sites for hydroxylation is 1. The molecule has 1 aromatic carbocycles. The Labute approximate surface area is 135 Å². The van der Waals surface area contributed by atoms with Crippen LogP contribution in [0.15, 0.2) is 24.3 Å². The zero-order valence-corrected chi connectivity index (χ0v) is 13.5. The minimum atomic E-state index is -0.208. The summed E-state index contributed by atoms with van der Waals surface area (Å²) in [5.41, 5.74) is 1.97. The molecule has 1 aromatic rings. The van der Waals surface area contributed by atoms with Crippen LogP contribution < -0.4 is 10.6 Å². The van der Waals surface area contributed by atoms with Crippen LogP contribution in [-0.2, 0) is 14.3 Å². The number of cyclic esters (lactones) is 1. The van der Waals surface area contributed by atoms with Crippen molar-refractivity contribution in [2.45, 2.75) is 39.2 Å². The van der Waals surface area contributed by atoms with Gasteiger partial charge in [0.05, 0.1) is 12.0 Å². The highest BCUT2D eigenvalue weighted by Gasteiger charge is 2.31. The van der Waals surface area contributed by atoms with E-state index in [1.54, 1.807) is 0 Å². The van der Waals surface area contributed by atoms with E-state index in [-0.39, 0.29) is 35.4 Å². The first-order valence-electron chi connectivity index (χ1n) is 7.32. The molecule has 0 saturated carbocycles. The number of esters is 1. The molecule has 6 heteroatoms. The lowest BCUT2D eigenvalue weighted by Crippen LogP contribution is -2.34. The summed E-state index contributed by atoms with van der Waals surface area (Å²) in [5, 5.41) is 5.83. The fraction of sp³-hybridized carbons (Fsp3) is 0.438. The third-order valence-electron chi connectivity index (χ3n) is 3.55. The molecule has 0 radical (unpaired) electrons. The van der Waals surface area contributed by atoms with E-state index in [1.165, 1.54) is 0 Å². The summed E-state index contributed by atoms with van der Waals surface area (Å²) in [5.74, 6) is -0.586. The summed E-state index contributed by atoms with van der Waals surface area (Å²) in [7, 11) is 0. The van der Waals surface area contributed by atoms with Gasteiger partial charge >= 0.3 is 5.97 Å². The summed E-state index contributed by atoms with van der Waals surface area (Å²) in [4.78, 5) is 23.3. The van der Waals surface area contributed by atoms with Crippen molar-refractivity contribution in [1.29, 1.82) is 0 Å². The van der Waals surface area contributed by atoms with E-state index in [2.05, 4.69) is 10.6 Å². The maximum absolute atomic E-state index is 11.9. The second-order valence-corrected chi connectivity index (χ2v) is 6.00. The Morgan fingerprint density at radius 3 is 2.64 bits per heavy atom. The standard InChI is InChI=1S/C16H20N2O3S/c1-10-3-6-13(7-4-10)17-16(22)18-14(19)8-5-12-9-11(2)21-15(12)20/h3-4,6-7,11-12H,5,8-9H2,1-2H3,(H2,17,18,19,22)/t11-,12-/m1/s1. The van der Waals surface area contributed by atoms with Gasteiger partial charge in [0.2, 0.25) is 5.91 Å². The SMILES string of the molecule is Cc1ccc(NC(=S)NC(=O)CC[C@@H]2C[C@@H](C)OC2=O)cc1. The number of hydrogen-bond donors (Lipinski definition) is 2. The fourth-order valence-electron chi connectivity index (χ4n) is 2.37. The van der Waals surface area contributed by atoms with Gasteiger partial charge in [-0.1, -0.05) is 17.7 Å². The second kappa shape index (κ2) is 7.35. The van der Waals surface area contributed by atoms with E-state index in [4.69, 9.17) is 17.0 Å². The molecule has 0 bridgehead atoms. The van der Waals surface area contributed by atoms with Crippen molar-refractivity contribution in [3.63, 3.8) is 0 Å². The second-order valence-electron chi connectivity index (χ2n) is 5.59. The van der Waals surface area contributed by atoms with Crippen LogP contribution in [0, 0.1) is 12.8 Å². The van der Waals surface area contributed by atoms with Crippen LogP contribution in [0.3, 0.4) is 0 Å². The molecule has 1 aliphatic rings. The van der Waals surface area contributed by atoms with E-state index in [9.17, 15) is 9.59 Å². The zero-order valence-electron chi connectivity index (χ0n) is 12.7. The lowest BCUT2D eigenvalue weighted by Gasteiger charge is -2.10. The van der Waals surface area contributed by atoms with Crippen molar-refractivity contribution in [2.24, 2.45) is 5.92 Å². The third-order valence-corrected chi connectivity index (χ3v) is 3.75. The molecule has 0 aliphatic carbocycles. The number of benzene rings is 1. The summed E-state index contributed by atoms with van der Waals surface area (Å²) >= 11 is 5.10. The topological polar surface area (TPSA) is 67.4 Å². The highest BCUT2D eigenvalue weighted by molar-refractivity contribution is 7.80. The maximum atomic E-state index is 11.9. The number of anilines is 1. The molecule has 1 aliphatic heterocycles. The third kappa shape index (κ3) is 4.80. The summed E-state index contributed by atoms with van der Waals surface area (Å²) in [6.07, 6.45) is 1.37. The van der Waals surface area contributed by atoms with Crippen LogP contribution in [0.4, 0.5) is 5.69 Å². The quantitative estimate of drug-likeness (QED) is 0.659. The van der Waals surface area contributed by atoms with Crippen molar-refractivity contribution >= 4 is 34.9 Å². The highest BCUT2D eigenvalue weighted by atomic mass is 32.1. The van der Waals surface area contributed by atoms with Gasteiger partial charge in [0.15, 0.2) is 5.11 Å². The zero-order chi connectivity index (χ0) is 16.1. The predicted octanol–water partition coefficient (Wildman–Crippen LogP) is 2.54. The molecule has 1 heterocycles. The molecule has 0 unspecified atom stereocenters. The number of amides is 1. The Kier molecular flexibility index (Phi) is 5.49. The highest BCUT2D eigenvalue weighted by Crippen LogP contribution is 2.24. The Balaban J connectivity index is 1.73. The van der Waals surface area contributed by atoms with Gasteiger partial charge in [-0.05, 0) is 51.0 Å². The van der Waals surface area contributed by atoms with Crippen molar-refractivity contribution in [2.75, 3.05) is 5.32 Å².